The summed E-state index contributed by atoms with van der Waals surface area (Å²) in [4.78, 5) is 11.2. The summed E-state index contributed by atoms with van der Waals surface area (Å²) in [7, 11) is 1.66. The van der Waals surface area contributed by atoms with Gasteiger partial charge in [0.25, 0.3) is 0 Å². The van der Waals surface area contributed by atoms with Gasteiger partial charge in [-0.3, -0.25) is 0 Å². The van der Waals surface area contributed by atoms with Crippen LogP contribution in [0, 0.1) is 5.92 Å². The van der Waals surface area contributed by atoms with Crippen molar-refractivity contribution in [3.05, 3.63) is 29.8 Å². The summed E-state index contributed by atoms with van der Waals surface area (Å²) >= 11 is 0. The van der Waals surface area contributed by atoms with Gasteiger partial charge in [-0.25, -0.2) is 0 Å². The standard InChI is InChI=1S/C14H20O2/c1-10(2)14(9-11(3)15)12-5-7-13(16-4)8-6-12/h5-8,10,14H,9H2,1-4H3/t14-/m0/s1. The van der Waals surface area contributed by atoms with Crippen LogP contribution in [-0.2, 0) is 4.79 Å². The SMILES string of the molecule is COc1ccc([C@@H](CC(C)=O)C(C)C)cc1. The number of hydrogen-bond acceptors (Lipinski definition) is 2. The molecule has 0 unspecified atom stereocenters. The zero-order chi connectivity index (χ0) is 12.1. The first-order valence-electron chi connectivity index (χ1n) is 5.68. The lowest BCUT2D eigenvalue weighted by Gasteiger charge is -2.20. The number of methoxy groups -OCH3 is 1. The molecule has 1 atom stereocenters. The van der Waals surface area contributed by atoms with E-state index in [0.717, 1.165) is 5.75 Å². The number of rotatable bonds is 5. The van der Waals surface area contributed by atoms with Gasteiger partial charge >= 0.3 is 0 Å². The van der Waals surface area contributed by atoms with Gasteiger partial charge in [0.15, 0.2) is 0 Å². The fraction of sp³-hybridized carbons (Fsp3) is 0.500. The minimum absolute atomic E-state index is 0.245. The second-order valence-electron chi connectivity index (χ2n) is 4.53. The van der Waals surface area contributed by atoms with Gasteiger partial charge in [0.05, 0.1) is 7.11 Å². The van der Waals surface area contributed by atoms with Crippen molar-refractivity contribution in [2.75, 3.05) is 7.11 Å². The lowest BCUT2D eigenvalue weighted by Crippen LogP contribution is -2.10. The zero-order valence-corrected chi connectivity index (χ0v) is 10.5. The first-order chi connectivity index (χ1) is 7.54. The molecule has 1 aromatic carbocycles. The molecule has 0 saturated carbocycles. The lowest BCUT2D eigenvalue weighted by molar-refractivity contribution is -0.117. The molecule has 0 aliphatic carbocycles. The minimum Gasteiger partial charge on any atom is -0.497 e. The highest BCUT2D eigenvalue weighted by atomic mass is 16.5. The average Bonchev–Trinajstić information content (AvgIpc) is 2.25. The van der Waals surface area contributed by atoms with Crippen LogP contribution in [-0.4, -0.2) is 12.9 Å². The van der Waals surface area contributed by atoms with E-state index in [9.17, 15) is 4.79 Å². The summed E-state index contributed by atoms with van der Waals surface area (Å²) in [5.41, 5.74) is 1.21. The molecule has 0 radical (unpaired) electrons. The van der Waals surface area contributed by atoms with Crippen molar-refractivity contribution in [1.29, 1.82) is 0 Å². The summed E-state index contributed by atoms with van der Waals surface area (Å²) in [5, 5.41) is 0. The number of benzene rings is 1. The third kappa shape index (κ3) is 3.37. The number of carbonyl (C=O) groups is 1. The van der Waals surface area contributed by atoms with E-state index in [1.807, 2.05) is 24.3 Å². The third-order valence-corrected chi connectivity index (χ3v) is 2.86. The highest BCUT2D eigenvalue weighted by molar-refractivity contribution is 5.76. The molecule has 0 aliphatic heterocycles. The predicted molar refractivity (Wildman–Crippen MR) is 65.9 cm³/mol. The molecule has 1 rings (SSSR count). The smallest absolute Gasteiger partial charge is 0.130 e. The molecule has 16 heavy (non-hydrogen) atoms. The van der Waals surface area contributed by atoms with Gasteiger partial charge in [-0.05, 0) is 36.5 Å². The van der Waals surface area contributed by atoms with E-state index >= 15 is 0 Å². The van der Waals surface area contributed by atoms with Gasteiger partial charge in [0.1, 0.15) is 11.5 Å². The summed E-state index contributed by atoms with van der Waals surface area (Å²) in [6.45, 7) is 5.95. The van der Waals surface area contributed by atoms with Crippen LogP contribution in [0.2, 0.25) is 0 Å². The quantitative estimate of drug-likeness (QED) is 0.760. The number of ketones is 1. The molecule has 1 aromatic rings. The second kappa shape index (κ2) is 5.69. The Morgan fingerprint density at radius 2 is 1.81 bits per heavy atom. The molecule has 2 heteroatoms. The molecule has 0 saturated heterocycles. The van der Waals surface area contributed by atoms with E-state index in [0.29, 0.717) is 18.3 Å². The minimum atomic E-state index is 0.245. The van der Waals surface area contributed by atoms with Crippen LogP contribution < -0.4 is 4.74 Å². The predicted octanol–water partition coefficient (Wildman–Crippen LogP) is 3.41. The van der Waals surface area contributed by atoms with Gasteiger partial charge in [0.2, 0.25) is 0 Å². The Labute approximate surface area is 97.6 Å². The molecule has 0 fully saturated rings. The van der Waals surface area contributed by atoms with Crippen molar-refractivity contribution >= 4 is 5.78 Å². The van der Waals surface area contributed by atoms with Gasteiger partial charge in [-0.1, -0.05) is 26.0 Å². The molecule has 0 amide bonds. The Morgan fingerprint density at radius 1 is 1.25 bits per heavy atom. The maximum absolute atomic E-state index is 11.2. The van der Waals surface area contributed by atoms with Crippen LogP contribution in [0.1, 0.15) is 38.7 Å². The van der Waals surface area contributed by atoms with E-state index in [1.165, 1.54) is 5.56 Å². The largest absolute Gasteiger partial charge is 0.497 e. The molecule has 0 spiro atoms. The molecule has 0 bridgehead atoms. The lowest BCUT2D eigenvalue weighted by atomic mass is 9.85. The normalized spacial score (nSPS) is 12.6. The topological polar surface area (TPSA) is 26.3 Å². The first kappa shape index (κ1) is 12.8. The fourth-order valence-corrected chi connectivity index (χ4v) is 1.90. The number of ether oxygens (including phenoxy) is 1. The van der Waals surface area contributed by atoms with Gasteiger partial charge in [-0.15, -0.1) is 0 Å². The highest BCUT2D eigenvalue weighted by Gasteiger charge is 2.17. The van der Waals surface area contributed by atoms with Crippen LogP contribution in [0.4, 0.5) is 0 Å². The molecule has 0 aliphatic rings. The van der Waals surface area contributed by atoms with Crippen molar-refractivity contribution in [2.24, 2.45) is 5.92 Å². The maximum atomic E-state index is 11.2. The van der Waals surface area contributed by atoms with E-state index in [4.69, 9.17) is 4.74 Å². The summed E-state index contributed by atoms with van der Waals surface area (Å²) in [5.74, 6) is 1.88. The number of carbonyl (C=O) groups excluding carboxylic acids is 1. The molecule has 2 nitrogen and oxygen atoms in total. The molecule has 88 valence electrons. The van der Waals surface area contributed by atoms with Crippen molar-refractivity contribution in [1.82, 2.24) is 0 Å². The summed E-state index contributed by atoms with van der Waals surface area (Å²) in [6, 6.07) is 7.99. The van der Waals surface area contributed by atoms with Gasteiger partial charge in [-0.2, -0.15) is 0 Å². The zero-order valence-electron chi connectivity index (χ0n) is 10.5. The maximum Gasteiger partial charge on any atom is 0.130 e. The Hall–Kier alpha value is -1.31. The molecule has 0 N–H and O–H groups in total. The number of Topliss-reactive ketones (excluding diaryl/α,β-unsaturated/α-hetero) is 1. The Morgan fingerprint density at radius 3 is 2.19 bits per heavy atom. The van der Waals surface area contributed by atoms with Crippen molar-refractivity contribution in [2.45, 2.75) is 33.1 Å². The van der Waals surface area contributed by atoms with E-state index in [-0.39, 0.29) is 5.78 Å². The second-order valence-corrected chi connectivity index (χ2v) is 4.53. The van der Waals surface area contributed by atoms with Crippen molar-refractivity contribution in [3.63, 3.8) is 0 Å². The van der Waals surface area contributed by atoms with E-state index in [2.05, 4.69) is 13.8 Å². The molecular formula is C14H20O2. The molecular weight excluding hydrogens is 200 g/mol. The molecule has 0 aromatic heterocycles. The van der Waals surface area contributed by atoms with Crippen LogP contribution in [0.25, 0.3) is 0 Å². The van der Waals surface area contributed by atoms with Crippen LogP contribution >= 0.6 is 0 Å². The number of hydrogen-bond donors (Lipinski definition) is 0. The first-order valence-corrected chi connectivity index (χ1v) is 5.68. The Kier molecular flexibility index (Phi) is 4.53. The Balaban J connectivity index is 2.88. The Bertz CT molecular complexity index is 338. The van der Waals surface area contributed by atoms with Gasteiger partial charge in [0, 0.05) is 6.42 Å². The van der Waals surface area contributed by atoms with E-state index < -0.39 is 0 Å². The van der Waals surface area contributed by atoms with Gasteiger partial charge < -0.3 is 9.53 Å². The summed E-state index contributed by atoms with van der Waals surface area (Å²) in [6.07, 6.45) is 0.615. The van der Waals surface area contributed by atoms with Crippen LogP contribution in [0.15, 0.2) is 24.3 Å². The highest BCUT2D eigenvalue weighted by Crippen LogP contribution is 2.29. The van der Waals surface area contributed by atoms with Crippen LogP contribution in [0.3, 0.4) is 0 Å². The summed E-state index contributed by atoms with van der Waals surface area (Å²) < 4.78 is 5.12. The monoisotopic (exact) mass is 220 g/mol. The van der Waals surface area contributed by atoms with Crippen molar-refractivity contribution < 1.29 is 9.53 Å². The molecule has 0 heterocycles. The third-order valence-electron chi connectivity index (χ3n) is 2.86. The fourth-order valence-electron chi connectivity index (χ4n) is 1.90. The van der Waals surface area contributed by atoms with Crippen molar-refractivity contribution in [3.8, 4) is 5.75 Å². The van der Waals surface area contributed by atoms with E-state index in [1.54, 1.807) is 14.0 Å². The van der Waals surface area contributed by atoms with Crippen LogP contribution in [0.5, 0.6) is 5.75 Å². The average molecular weight is 220 g/mol.